The summed E-state index contributed by atoms with van der Waals surface area (Å²) >= 11 is 0. The average molecular weight is 239 g/mol. The quantitative estimate of drug-likeness (QED) is 0.760. The van der Waals surface area contributed by atoms with Crippen LogP contribution in [-0.4, -0.2) is 42.0 Å². The molecular formula is C13H25N3O. The molecule has 0 aromatic heterocycles. The van der Waals surface area contributed by atoms with E-state index >= 15 is 0 Å². The molecule has 1 heterocycles. The fourth-order valence-corrected chi connectivity index (χ4v) is 2.55. The van der Waals surface area contributed by atoms with Crippen molar-refractivity contribution in [1.82, 2.24) is 10.2 Å². The number of hydrogen-bond donors (Lipinski definition) is 2. The molecule has 2 aliphatic rings. The van der Waals surface area contributed by atoms with Crippen molar-refractivity contribution in [2.24, 2.45) is 11.7 Å². The van der Waals surface area contributed by atoms with Gasteiger partial charge in [0, 0.05) is 12.1 Å². The van der Waals surface area contributed by atoms with E-state index in [1.807, 2.05) is 6.92 Å². The standard InChI is InChI=1S/C13H25N3O/c1-9(14)11-5-7-16(8-6-11)10(2)13(17)15-12-3-4-12/h9-12H,3-8,14H2,1-2H3,(H,15,17). The molecule has 98 valence electrons. The Balaban J connectivity index is 1.76. The first-order chi connectivity index (χ1) is 8.08. The van der Waals surface area contributed by atoms with Crippen molar-refractivity contribution in [3.8, 4) is 0 Å². The summed E-state index contributed by atoms with van der Waals surface area (Å²) in [6.45, 7) is 6.12. The van der Waals surface area contributed by atoms with E-state index in [4.69, 9.17) is 5.73 Å². The summed E-state index contributed by atoms with van der Waals surface area (Å²) in [5, 5.41) is 3.08. The lowest BCUT2D eigenvalue weighted by Crippen LogP contribution is -2.50. The maximum Gasteiger partial charge on any atom is 0.237 e. The summed E-state index contributed by atoms with van der Waals surface area (Å²) in [6, 6.07) is 0.768. The third kappa shape index (κ3) is 3.42. The lowest BCUT2D eigenvalue weighted by Gasteiger charge is -2.36. The van der Waals surface area contributed by atoms with Crippen LogP contribution in [0, 0.1) is 5.92 Å². The predicted molar refractivity (Wildman–Crippen MR) is 68.6 cm³/mol. The largest absolute Gasteiger partial charge is 0.352 e. The van der Waals surface area contributed by atoms with E-state index in [2.05, 4.69) is 17.1 Å². The van der Waals surface area contributed by atoms with Gasteiger partial charge in [0.05, 0.1) is 6.04 Å². The number of rotatable bonds is 4. The van der Waals surface area contributed by atoms with Crippen LogP contribution in [0.4, 0.5) is 0 Å². The van der Waals surface area contributed by atoms with Crippen molar-refractivity contribution in [3.05, 3.63) is 0 Å². The van der Waals surface area contributed by atoms with Gasteiger partial charge < -0.3 is 11.1 Å². The Morgan fingerprint density at radius 2 is 1.82 bits per heavy atom. The molecule has 0 aromatic carbocycles. The molecule has 1 aliphatic carbocycles. The zero-order valence-electron chi connectivity index (χ0n) is 11.0. The molecule has 4 heteroatoms. The minimum atomic E-state index is 0.0182. The van der Waals surface area contributed by atoms with Crippen LogP contribution in [0.1, 0.15) is 39.5 Å². The van der Waals surface area contributed by atoms with E-state index in [1.54, 1.807) is 0 Å². The first-order valence-electron chi connectivity index (χ1n) is 6.88. The topological polar surface area (TPSA) is 58.4 Å². The Kier molecular flexibility index (Phi) is 4.05. The first kappa shape index (κ1) is 12.8. The minimum absolute atomic E-state index is 0.0182. The van der Waals surface area contributed by atoms with E-state index in [1.165, 1.54) is 0 Å². The van der Waals surface area contributed by atoms with Crippen molar-refractivity contribution in [2.75, 3.05) is 13.1 Å². The molecule has 2 atom stereocenters. The molecule has 0 aromatic rings. The van der Waals surface area contributed by atoms with Gasteiger partial charge in [-0.05, 0) is 58.5 Å². The van der Waals surface area contributed by atoms with Gasteiger partial charge in [-0.15, -0.1) is 0 Å². The summed E-state index contributed by atoms with van der Waals surface area (Å²) in [5.74, 6) is 0.830. The molecule has 2 unspecified atom stereocenters. The van der Waals surface area contributed by atoms with Crippen molar-refractivity contribution in [1.29, 1.82) is 0 Å². The van der Waals surface area contributed by atoms with E-state index < -0.39 is 0 Å². The molecule has 0 bridgehead atoms. The highest BCUT2D eigenvalue weighted by Gasteiger charge is 2.30. The number of nitrogens with zero attached hydrogens (tertiary/aromatic N) is 1. The molecule has 17 heavy (non-hydrogen) atoms. The van der Waals surface area contributed by atoms with Gasteiger partial charge in [0.2, 0.25) is 5.91 Å². The molecule has 1 saturated carbocycles. The number of likely N-dealkylation sites (tertiary alicyclic amines) is 1. The molecular weight excluding hydrogens is 214 g/mol. The highest BCUT2D eigenvalue weighted by atomic mass is 16.2. The van der Waals surface area contributed by atoms with E-state index in [9.17, 15) is 4.79 Å². The van der Waals surface area contributed by atoms with Gasteiger partial charge in [-0.1, -0.05) is 0 Å². The van der Waals surface area contributed by atoms with Crippen LogP contribution in [0.2, 0.25) is 0 Å². The normalized spacial score (nSPS) is 26.5. The number of nitrogens with two attached hydrogens (primary N) is 1. The number of nitrogens with one attached hydrogen (secondary N) is 1. The molecule has 1 aliphatic heterocycles. The van der Waals surface area contributed by atoms with Crippen molar-refractivity contribution in [3.63, 3.8) is 0 Å². The Morgan fingerprint density at radius 1 is 1.24 bits per heavy atom. The SMILES string of the molecule is CC(N)C1CCN(C(C)C(=O)NC2CC2)CC1. The Hall–Kier alpha value is -0.610. The third-order valence-electron chi connectivity index (χ3n) is 4.17. The molecule has 0 radical (unpaired) electrons. The molecule has 1 amide bonds. The van der Waals surface area contributed by atoms with Crippen molar-refractivity contribution >= 4 is 5.91 Å². The van der Waals surface area contributed by atoms with Crippen LogP contribution in [0.15, 0.2) is 0 Å². The fourth-order valence-electron chi connectivity index (χ4n) is 2.55. The second kappa shape index (κ2) is 5.36. The molecule has 3 N–H and O–H groups in total. The molecule has 2 fully saturated rings. The average Bonchev–Trinajstić information content (AvgIpc) is 3.12. The summed E-state index contributed by atoms with van der Waals surface area (Å²) in [6.07, 6.45) is 4.56. The smallest absolute Gasteiger partial charge is 0.237 e. The summed E-state index contributed by atoms with van der Waals surface area (Å²) in [4.78, 5) is 14.2. The molecule has 4 nitrogen and oxygen atoms in total. The maximum atomic E-state index is 11.9. The zero-order valence-corrected chi connectivity index (χ0v) is 11.0. The van der Waals surface area contributed by atoms with Gasteiger partial charge in [0.1, 0.15) is 0 Å². The van der Waals surface area contributed by atoms with E-state index in [-0.39, 0.29) is 18.0 Å². The van der Waals surface area contributed by atoms with Gasteiger partial charge in [0.15, 0.2) is 0 Å². The molecule has 2 rings (SSSR count). The second-order valence-electron chi connectivity index (χ2n) is 5.69. The van der Waals surface area contributed by atoms with Gasteiger partial charge >= 0.3 is 0 Å². The van der Waals surface area contributed by atoms with Crippen LogP contribution in [-0.2, 0) is 4.79 Å². The third-order valence-corrected chi connectivity index (χ3v) is 4.17. The van der Waals surface area contributed by atoms with Gasteiger partial charge in [-0.25, -0.2) is 0 Å². The predicted octanol–water partition coefficient (Wildman–Crippen LogP) is 0.713. The minimum Gasteiger partial charge on any atom is -0.352 e. The Bertz CT molecular complexity index is 268. The lowest BCUT2D eigenvalue weighted by molar-refractivity contribution is -0.126. The highest BCUT2D eigenvalue weighted by molar-refractivity contribution is 5.81. The number of piperidine rings is 1. The van der Waals surface area contributed by atoms with E-state index in [0.29, 0.717) is 12.0 Å². The monoisotopic (exact) mass is 239 g/mol. The van der Waals surface area contributed by atoms with Crippen molar-refractivity contribution < 1.29 is 4.79 Å². The first-order valence-corrected chi connectivity index (χ1v) is 6.88. The summed E-state index contributed by atoms with van der Waals surface area (Å²) in [5.41, 5.74) is 5.92. The number of hydrogen-bond acceptors (Lipinski definition) is 3. The zero-order chi connectivity index (χ0) is 12.4. The number of amides is 1. The van der Waals surface area contributed by atoms with Crippen molar-refractivity contribution in [2.45, 2.75) is 57.7 Å². The number of carbonyl (C=O) groups excluding carboxylic acids is 1. The number of carbonyl (C=O) groups is 1. The Labute approximate surface area is 104 Å². The highest BCUT2D eigenvalue weighted by Crippen LogP contribution is 2.22. The Morgan fingerprint density at radius 3 is 2.29 bits per heavy atom. The van der Waals surface area contributed by atoms with Gasteiger partial charge in [0.25, 0.3) is 0 Å². The van der Waals surface area contributed by atoms with Crippen LogP contribution in [0.25, 0.3) is 0 Å². The lowest BCUT2D eigenvalue weighted by atomic mass is 9.90. The van der Waals surface area contributed by atoms with Crippen LogP contribution >= 0.6 is 0 Å². The maximum absolute atomic E-state index is 11.9. The van der Waals surface area contributed by atoms with E-state index in [0.717, 1.165) is 38.8 Å². The summed E-state index contributed by atoms with van der Waals surface area (Å²) < 4.78 is 0. The molecule has 0 spiro atoms. The summed E-state index contributed by atoms with van der Waals surface area (Å²) in [7, 11) is 0. The second-order valence-corrected chi connectivity index (χ2v) is 5.69. The van der Waals surface area contributed by atoms with Crippen LogP contribution in [0.5, 0.6) is 0 Å². The van der Waals surface area contributed by atoms with Gasteiger partial charge in [-0.3, -0.25) is 9.69 Å². The molecule has 1 saturated heterocycles. The fraction of sp³-hybridized carbons (Fsp3) is 0.923. The van der Waals surface area contributed by atoms with Crippen LogP contribution in [0.3, 0.4) is 0 Å². The van der Waals surface area contributed by atoms with Gasteiger partial charge in [-0.2, -0.15) is 0 Å². The van der Waals surface area contributed by atoms with Crippen LogP contribution < -0.4 is 11.1 Å².